The second-order valence-corrected chi connectivity index (χ2v) is 8.95. The Morgan fingerprint density at radius 2 is 1.94 bits per heavy atom. The highest BCUT2D eigenvalue weighted by Crippen LogP contribution is 2.34. The van der Waals surface area contributed by atoms with Crippen molar-refractivity contribution in [3.05, 3.63) is 59.8 Å². The number of benzene rings is 2. The van der Waals surface area contributed by atoms with Crippen molar-refractivity contribution < 1.29 is 19.4 Å². The van der Waals surface area contributed by atoms with E-state index in [1.165, 1.54) is 16.7 Å². The molecular formula is C27H30N2O4. The Bertz CT molecular complexity index is 1170. The number of carbonyl (C=O) groups excluding carboxylic acids is 1. The molecule has 1 amide bonds. The van der Waals surface area contributed by atoms with Crippen molar-refractivity contribution in [3.63, 3.8) is 0 Å². The largest absolute Gasteiger partial charge is 0.481 e. The number of amides is 1. The summed E-state index contributed by atoms with van der Waals surface area (Å²) >= 11 is 0. The lowest BCUT2D eigenvalue weighted by Gasteiger charge is -2.33. The molecule has 1 aliphatic heterocycles. The predicted octanol–water partition coefficient (Wildman–Crippen LogP) is 5.00. The molecule has 0 radical (unpaired) electrons. The molecule has 1 saturated heterocycles. The molecule has 1 aliphatic rings. The summed E-state index contributed by atoms with van der Waals surface area (Å²) in [6.07, 6.45) is 2.89. The Kier molecular flexibility index (Phi) is 6.63. The van der Waals surface area contributed by atoms with Gasteiger partial charge in [-0.3, -0.25) is 14.6 Å². The minimum atomic E-state index is -0.817. The van der Waals surface area contributed by atoms with E-state index in [1.54, 1.807) is 18.0 Å². The fourth-order valence-corrected chi connectivity index (χ4v) is 4.85. The van der Waals surface area contributed by atoms with Crippen LogP contribution in [0.5, 0.6) is 5.75 Å². The number of rotatable bonds is 6. The lowest BCUT2D eigenvalue weighted by Crippen LogP contribution is -2.46. The van der Waals surface area contributed by atoms with Gasteiger partial charge in [0, 0.05) is 37.2 Å². The molecule has 1 fully saturated rings. The normalized spacial score (nSPS) is 17.1. The van der Waals surface area contributed by atoms with Gasteiger partial charge in [0.25, 0.3) is 5.91 Å². The van der Waals surface area contributed by atoms with Gasteiger partial charge in [0.05, 0.1) is 5.52 Å². The number of carboxylic acid groups (broad SMARTS) is 1. The van der Waals surface area contributed by atoms with Crippen LogP contribution in [0, 0.1) is 19.8 Å². The van der Waals surface area contributed by atoms with Gasteiger partial charge < -0.3 is 14.7 Å². The van der Waals surface area contributed by atoms with Crippen molar-refractivity contribution >= 4 is 22.8 Å². The van der Waals surface area contributed by atoms with E-state index in [-0.39, 0.29) is 18.2 Å². The average Bonchev–Trinajstić information content (AvgIpc) is 2.78. The fraction of sp³-hybridized carbons (Fsp3) is 0.370. The molecule has 1 N–H and O–H groups in total. The number of aromatic nitrogens is 1. The number of hydrogen-bond donors (Lipinski definition) is 1. The highest BCUT2D eigenvalue weighted by Gasteiger charge is 2.29. The third kappa shape index (κ3) is 5.00. The summed E-state index contributed by atoms with van der Waals surface area (Å²) in [5.41, 5.74) is 5.58. The number of nitrogens with zero attached hydrogens (tertiary/aromatic N) is 2. The first-order chi connectivity index (χ1) is 15.8. The Morgan fingerprint density at radius 3 is 2.67 bits per heavy atom. The molecule has 4 rings (SSSR count). The zero-order chi connectivity index (χ0) is 23.5. The summed E-state index contributed by atoms with van der Waals surface area (Å²) in [6.45, 7) is 7.08. The molecule has 2 aromatic carbocycles. The lowest BCUT2D eigenvalue weighted by atomic mass is 9.93. The van der Waals surface area contributed by atoms with Gasteiger partial charge in [-0.25, -0.2) is 0 Å². The van der Waals surface area contributed by atoms with Gasteiger partial charge in [0.1, 0.15) is 5.75 Å². The number of likely N-dealkylation sites (tertiary alicyclic amines) is 1. The lowest BCUT2D eigenvalue weighted by molar-refractivity contribution is -0.143. The number of piperidine rings is 1. The number of aliphatic carboxylic acids is 1. The molecule has 2 heterocycles. The number of hydrogen-bond acceptors (Lipinski definition) is 4. The van der Waals surface area contributed by atoms with Crippen LogP contribution in [-0.4, -0.2) is 46.1 Å². The van der Waals surface area contributed by atoms with Crippen molar-refractivity contribution in [2.24, 2.45) is 5.92 Å². The summed E-state index contributed by atoms with van der Waals surface area (Å²) in [7, 11) is 0. The van der Waals surface area contributed by atoms with Crippen LogP contribution in [0.1, 0.15) is 37.3 Å². The summed E-state index contributed by atoms with van der Waals surface area (Å²) in [4.78, 5) is 30.3. The summed E-state index contributed by atoms with van der Waals surface area (Å²) in [6, 6.07) is 14.1. The van der Waals surface area contributed by atoms with Gasteiger partial charge in [-0.15, -0.1) is 0 Å². The van der Waals surface area contributed by atoms with Crippen LogP contribution < -0.4 is 4.74 Å². The molecule has 6 nitrogen and oxygen atoms in total. The third-order valence-corrected chi connectivity index (χ3v) is 6.42. The Labute approximate surface area is 194 Å². The highest BCUT2D eigenvalue weighted by atomic mass is 16.5. The van der Waals surface area contributed by atoms with Crippen LogP contribution in [0.25, 0.3) is 22.0 Å². The maximum Gasteiger partial charge on any atom is 0.303 e. The summed E-state index contributed by atoms with van der Waals surface area (Å²) in [5, 5.41) is 10.1. The van der Waals surface area contributed by atoms with Gasteiger partial charge in [0.2, 0.25) is 0 Å². The molecule has 172 valence electrons. The topological polar surface area (TPSA) is 79.7 Å². The van der Waals surface area contributed by atoms with Crippen LogP contribution in [0.4, 0.5) is 0 Å². The van der Waals surface area contributed by atoms with Crippen molar-refractivity contribution in [2.45, 2.75) is 46.1 Å². The molecule has 1 aromatic heterocycles. The van der Waals surface area contributed by atoms with Crippen molar-refractivity contribution in [1.82, 2.24) is 9.88 Å². The number of ether oxygens (including phenoxy) is 1. The Morgan fingerprint density at radius 1 is 1.18 bits per heavy atom. The molecule has 0 saturated carbocycles. The molecule has 2 unspecified atom stereocenters. The standard InChI is InChI=1S/C27H30N2O4/c1-17-6-4-7-18(2)26(17)23-11-12-28-24-15-21(9-10-22(23)24)33-19(3)27(32)29-13-5-8-20(16-29)14-25(30)31/h4,6-7,9-12,15,19-20H,5,8,13-14,16H2,1-3H3,(H,30,31). The summed E-state index contributed by atoms with van der Waals surface area (Å²) in [5.74, 6) is -0.334. The van der Waals surface area contributed by atoms with E-state index in [2.05, 4.69) is 37.0 Å². The molecule has 2 atom stereocenters. The van der Waals surface area contributed by atoms with Crippen molar-refractivity contribution in [2.75, 3.05) is 13.1 Å². The second kappa shape index (κ2) is 9.61. The smallest absolute Gasteiger partial charge is 0.303 e. The predicted molar refractivity (Wildman–Crippen MR) is 128 cm³/mol. The molecule has 0 bridgehead atoms. The van der Waals surface area contributed by atoms with Gasteiger partial charge in [-0.2, -0.15) is 0 Å². The first-order valence-corrected chi connectivity index (χ1v) is 11.5. The maximum atomic E-state index is 12.9. The van der Waals surface area contributed by atoms with Crippen LogP contribution in [0.3, 0.4) is 0 Å². The zero-order valence-corrected chi connectivity index (χ0v) is 19.4. The number of carboxylic acids is 1. The number of carbonyl (C=O) groups is 2. The maximum absolute atomic E-state index is 12.9. The van der Waals surface area contributed by atoms with E-state index in [0.29, 0.717) is 18.8 Å². The van der Waals surface area contributed by atoms with Gasteiger partial charge in [-0.1, -0.05) is 18.2 Å². The molecule has 0 aliphatic carbocycles. The molecule has 3 aromatic rings. The Balaban J connectivity index is 1.53. The molecule has 6 heteroatoms. The first-order valence-electron chi connectivity index (χ1n) is 11.5. The van der Waals surface area contributed by atoms with Gasteiger partial charge in [-0.05, 0) is 80.0 Å². The fourth-order valence-electron chi connectivity index (χ4n) is 4.85. The molecule has 0 spiro atoms. The third-order valence-electron chi connectivity index (χ3n) is 6.42. The number of fused-ring (bicyclic) bond motifs is 1. The zero-order valence-electron chi connectivity index (χ0n) is 19.4. The van der Waals surface area contributed by atoms with Crippen molar-refractivity contribution in [1.29, 1.82) is 0 Å². The van der Waals surface area contributed by atoms with Crippen LogP contribution >= 0.6 is 0 Å². The van der Waals surface area contributed by atoms with E-state index in [4.69, 9.17) is 9.84 Å². The minimum Gasteiger partial charge on any atom is -0.481 e. The van der Waals surface area contributed by atoms with Crippen LogP contribution in [0.15, 0.2) is 48.7 Å². The Hall–Kier alpha value is -3.41. The number of aryl methyl sites for hydroxylation is 2. The minimum absolute atomic E-state index is 0.000546. The van der Waals surface area contributed by atoms with E-state index in [1.807, 2.05) is 24.3 Å². The highest BCUT2D eigenvalue weighted by molar-refractivity contribution is 5.96. The molecular weight excluding hydrogens is 416 g/mol. The monoisotopic (exact) mass is 446 g/mol. The average molecular weight is 447 g/mol. The molecule has 33 heavy (non-hydrogen) atoms. The van der Waals surface area contributed by atoms with Crippen LogP contribution in [-0.2, 0) is 9.59 Å². The summed E-state index contributed by atoms with van der Waals surface area (Å²) < 4.78 is 6.00. The van der Waals surface area contributed by atoms with E-state index < -0.39 is 12.1 Å². The van der Waals surface area contributed by atoms with Crippen molar-refractivity contribution in [3.8, 4) is 16.9 Å². The van der Waals surface area contributed by atoms with E-state index in [9.17, 15) is 9.59 Å². The van der Waals surface area contributed by atoms with Crippen LogP contribution in [0.2, 0.25) is 0 Å². The van der Waals surface area contributed by atoms with Gasteiger partial charge in [0.15, 0.2) is 6.10 Å². The first kappa shape index (κ1) is 22.8. The number of pyridine rings is 1. The SMILES string of the molecule is Cc1cccc(C)c1-c1ccnc2cc(OC(C)C(=O)N3CCCC(CC(=O)O)C3)ccc12. The van der Waals surface area contributed by atoms with E-state index in [0.717, 1.165) is 29.3 Å². The van der Waals surface area contributed by atoms with Gasteiger partial charge >= 0.3 is 5.97 Å². The van der Waals surface area contributed by atoms with E-state index >= 15 is 0 Å². The second-order valence-electron chi connectivity index (χ2n) is 8.95. The quantitative estimate of drug-likeness (QED) is 0.576.